The zero-order chi connectivity index (χ0) is 25.9. The van der Waals surface area contributed by atoms with Gasteiger partial charge in [-0.2, -0.15) is 0 Å². The van der Waals surface area contributed by atoms with Crippen LogP contribution in [-0.4, -0.2) is 62.4 Å². The van der Waals surface area contributed by atoms with Gasteiger partial charge in [-0.1, -0.05) is 31.6 Å². The van der Waals surface area contributed by atoms with Crippen LogP contribution in [0.5, 0.6) is 0 Å². The Morgan fingerprint density at radius 3 is 2.56 bits per heavy atom. The van der Waals surface area contributed by atoms with Crippen molar-refractivity contribution in [1.82, 2.24) is 0 Å². The number of cyclic esters (lactones) is 1. The van der Waals surface area contributed by atoms with Gasteiger partial charge in [0.15, 0.2) is 0 Å². The fraction of sp³-hybridized carbons (Fsp3) is 0.750. The molecule has 36 heavy (non-hydrogen) atoms. The summed E-state index contributed by atoms with van der Waals surface area (Å²) in [7, 11) is 1.99. The van der Waals surface area contributed by atoms with E-state index in [2.05, 4.69) is 26.0 Å². The Morgan fingerprint density at radius 1 is 1.11 bits per heavy atom. The van der Waals surface area contributed by atoms with E-state index in [4.69, 9.17) is 13.8 Å². The number of hydrogen-bond donors (Lipinski definition) is 1. The zero-order valence-electron chi connectivity index (χ0n) is 22.5. The van der Waals surface area contributed by atoms with Crippen LogP contribution in [0.4, 0.5) is 0 Å². The number of phosphoric acid groups is 1. The molecule has 0 spiro atoms. The highest BCUT2D eigenvalue weighted by Gasteiger charge is 2.57. The van der Waals surface area contributed by atoms with Gasteiger partial charge in [0.1, 0.15) is 19.8 Å². The lowest BCUT2D eigenvalue weighted by atomic mass is 9.47. The highest BCUT2D eigenvalue weighted by atomic mass is 31.2. The maximum Gasteiger partial charge on any atom is 0.472 e. The summed E-state index contributed by atoms with van der Waals surface area (Å²) < 4.78 is 29.5. The summed E-state index contributed by atoms with van der Waals surface area (Å²) >= 11 is 0. The molecule has 7 unspecified atom stereocenters. The van der Waals surface area contributed by atoms with Gasteiger partial charge in [0.2, 0.25) is 0 Å². The normalized spacial score (nSPS) is 39.7. The number of likely N-dealkylation sites (N-methyl/N-ethyl adjacent to an activating group) is 1. The number of hydrogen-bond acceptors (Lipinski definition) is 5. The molecule has 1 aliphatic heterocycles. The van der Waals surface area contributed by atoms with Gasteiger partial charge in [-0.15, -0.1) is 0 Å². The Balaban J connectivity index is 1.26. The van der Waals surface area contributed by atoms with Gasteiger partial charge in [-0.3, -0.25) is 9.05 Å². The van der Waals surface area contributed by atoms with Gasteiger partial charge in [0, 0.05) is 11.6 Å². The van der Waals surface area contributed by atoms with E-state index in [1.54, 1.807) is 6.08 Å². The summed E-state index contributed by atoms with van der Waals surface area (Å²) in [5.41, 5.74) is 4.05. The number of carbonyl (C=O) groups excluding carboxylic acids is 1. The molecule has 1 heterocycles. The van der Waals surface area contributed by atoms with Gasteiger partial charge >= 0.3 is 13.8 Å². The number of esters is 1. The topological polar surface area (TPSA) is 82.1 Å². The Labute approximate surface area is 215 Å². The number of fused-ring (bicyclic) bond motifs is 5. The second kappa shape index (κ2) is 9.20. The lowest BCUT2D eigenvalue weighted by Crippen LogP contribution is -2.50. The highest BCUT2D eigenvalue weighted by molar-refractivity contribution is 7.47. The number of carbonyl (C=O) groups is 1. The molecule has 5 rings (SSSR count). The molecule has 7 atom stereocenters. The maximum absolute atomic E-state index is 12.6. The van der Waals surface area contributed by atoms with Crippen LogP contribution >= 0.6 is 7.82 Å². The van der Waals surface area contributed by atoms with Gasteiger partial charge in [-0.25, -0.2) is 9.36 Å². The van der Waals surface area contributed by atoms with Gasteiger partial charge in [0.05, 0.1) is 27.2 Å². The number of allylic oxidation sites excluding steroid dienone is 2. The summed E-state index contributed by atoms with van der Waals surface area (Å²) in [5, 5.41) is 0. The molecule has 4 aliphatic carbocycles. The SMILES string of the molecule is CC12CCC(OP(=O)(O)OCC[N+](C)(C)C)CC1=CCC1C2CCC2(C)C(C3=CC(=O)OC3)=CCC12. The van der Waals surface area contributed by atoms with Gasteiger partial charge < -0.3 is 14.1 Å². The summed E-state index contributed by atoms with van der Waals surface area (Å²) in [6, 6.07) is 0. The van der Waals surface area contributed by atoms with Crippen molar-refractivity contribution in [3.05, 3.63) is 34.9 Å². The molecule has 1 N–H and O–H groups in total. The molecule has 0 bridgehead atoms. The zero-order valence-corrected chi connectivity index (χ0v) is 23.4. The molecule has 8 heteroatoms. The smallest absolute Gasteiger partial charge is 0.458 e. The molecule has 0 aromatic rings. The Kier molecular flexibility index (Phi) is 6.74. The van der Waals surface area contributed by atoms with Crippen LogP contribution < -0.4 is 0 Å². The van der Waals surface area contributed by atoms with E-state index in [1.165, 1.54) is 17.6 Å². The van der Waals surface area contributed by atoms with Gasteiger partial charge in [-0.05, 0) is 79.1 Å². The minimum Gasteiger partial charge on any atom is -0.458 e. The van der Waals surface area contributed by atoms with Crippen molar-refractivity contribution in [2.24, 2.45) is 28.6 Å². The largest absolute Gasteiger partial charge is 0.472 e. The summed E-state index contributed by atoms with van der Waals surface area (Å²) in [6.07, 6.45) is 13.1. The molecular weight excluding hydrogens is 477 g/mol. The number of rotatable bonds is 7. The first kappa shape index (κ1) is 26.4. The third-order valence-electron chi connectivity index (χ3n) is 9.95. The van der Waals surface area contributed by atoms with Crippen molar-refractivity contribution in [3.8, 4) is 0 Å². The predicted molar refractivity (Wildman–Crippen MR) is 138 cm³/mol. The first-order chi connectivity index (χ1) is 16.8. The molecule has 2 fully saturated rings. The Hall–Kier alpha value is -1.24. The molecule has 2 saturated carbocycles. The van der Waals surface area contributed by atoms with E-state index in [-0.39, 0.29) is 29.5 Å². The van der Waals surface area contributed by atoms with E-state index in [0.717, 1.165) is 37.7 Å². The monoisotopic (exact) mass is 520 g/mol. The highest BCUT2D eigenvalue weighted by Crippen LogP contribution is 2.66. The van der Waals surface area contributed by atoms with Gasteiger partial charge in [0.25, 0.3) is 0 Å². The van der Waals surface area contributed by atoms with Crippen LogP contribution in [0.15, 0.2) is 34.9 Å². The number of nitrogens with zero attached hydrogens (tertiary/aromatic N) is 1. The lowest BCUT2D eigenvalue weighted by molar-refractivity contribution is -0.870. The molecule has 7 nitrogen and oxygen atoms in total. The average Bonchev–Trinajstić information content (AvgIpc) is 3.35. The Morgan fingerprint density at radius 2 is 1.86 bits per heavy atom. The van der Waals surface area contributed by atoms with E-state index in [0.29, 0.717) is 41.8 Å². The fourth-order valence-corrected chi connectivity index (χ4v) is 8.89. The quantitative estimate of drug-likeness (QED) is 0.216. The summed E-state index contributed by atoms with van der Waals surface area (Å²) in [4.78, 5) is 22.0. The number of ether oxygens (including phenoxy) is 1. The molecular formula is C28H43NO6P+. The van der Waals surface area contributed by atoms with E-state index in [9.17, 15) is 14.3 Å². The number of quaternary nitrogens is 1. The van der Waals surface area contributed by atoms with Crippen molar-refractivity contribution >= 4 is 13.8 Å². The lowest BCUT2D eigenvalue weighted by Gasteiger charge is -2.58. The average molecular weight is 521 g/mol. The van der Waals surface area contributed by atoms with E-state index >= 15 is 0 Å². The van der Waals surface area contributed by atoms with Crippen molar-refractivity contribution < 1.29 is 32.5 Å². The second-order valence-corrected chi connectivity index (χ2v) is 14.5. The van der Waals surface area contributed by atoms with Crippen molar-refractivity contribution in [2.45, 2.75) is 64.9 Å². The van der Waals surface area contributed by atoms with E-state index < -0.39 is 7.82 Å². The van der Waals surface area contributed by atoms with E-state index in [1.807, 2.05) is 21.1 Å². The first-order valence-corrected chi connectivity index (χ1v) is 15.0. The Bertz CT molecular complexity index is 1060. The van der Waals surface area contributed by atoms with Crippen LogP contribution in [0.3, 0.4) is 0 Å². The molecule has 0 aromatic heterocycles. The third-order valence-corrected chi connectivity index (χ3v) is 11.0. The van der Waals surface area contributed by atoms with Crippen LogP contribution in [0, 0.1) is 28.6 Å². The van der Waals surface area contributed by atoms with Crippen LogP contribution in [-0.2, 0) is 23.1 Å². The molecule has 5 aliphatic rings. The van der Waals surface area contributed by atoms with Crippen LogP contribution in [0.25, 0.3) is 0 Å². The van der Waals surface area contributed by atoms with Crippen molar-refractivity contribution in [2.75, 3.05) is 40.9 Å². The minimum atomic E-state index is -4.07. The van der Waals surface area contributed by atoms with Crippen molar-refractivity contribution in [1.29, 1.82) is 0 Å². The predicted octanol–water partition coefficient (Wildman–Crippen LogP) is 5.18. The molecule has 0 aromatic carbocycles. The standard InChI is InChI=1S/C28H42NO6P/c1-27-12-10-21(35-36(31,32)34-15-14-29(3,4)5)17-20(27)6-7-22-24-9-8-23(19-16-26(30)33-18-19)28(24,2)13-11-25(22)27/h6,8,16,21-22,24-25H,7,9-15,17-18H2,1-5H3/p+1. The fourth-order valence-electron chi connectivity index (χ4n) is 7.96. The third kappa shape index (κ3) is 4.82. The maximum atomic E-state index is 12.6. The molecule has 0 saturated heterocycles. The molecule has 0 amide bonds. The van der Waals surface area contributed by atoms with Crippen molar-refractivity contribution in [3.63, 3.8) is 0 Å². The second-order valence-electron chi connectivity index (χ2n) is 13.1. The van der Waals surface area contributed by atoms with Crippen LogP contribution in [0.1, 0.15) is 58.8 Å². The van der Waals surface area contributed by atoms with Crippen LogP contribution in [0.2, 0.25) is 0 Å². The molecule has 200 valence electrons. The summed E-state index contributed by atoms with van der Waals surface area (Å²) in [5.74, 6) is 1.60. The minimum absolute atomic E-state index is 0.107. The first-order valence-electron chi connectivity index (χ1n) is 13.5. The summed E-state index contributed by atoms with van der Waals surface area (Å²) in [6.45, 7) is 6.07. The molecule has 0 radical (unpaired) electrons. The number of phosphoric ester groups is 1.